The van der Waals surface area contributed by atoms with Crippen LogP contribution in [0.25, 0.3) is 0 Å². The van der Waals surface area contributed by atoms with Gasteiger partial charge in [0.1, 0.15) is 0 Å². The van der Waals surface area contributed by atoms with Gasteiger partial charge in [-0.05, 0) is 30.8 Å². The van der Waals surface area contributed by atoms with Crippen molar-refractivity contribution in [3.63, 3.8) is 0 Å². The summed E-state index contributed by atoms with van der Waals surface area (Å²) in [6, 6.07) is 0. The number of aliphatic hydroxyl groups excluding tert-OH is 2. The van der Waals surface area contributed by atoms with Crippen molar-refractivity contribution >= 4 is 17.7 Å². The van der Waals surface area contributed by atoms with E-state index in [1.807, 2.05) is 5.01 Å². The maximum atomic E-state index is 12.5. The van der Waals surface area contributed by atoms with Crippen LogP contribution in [-0.4, -0.2) is 52.7 Å². The summed E-state index contributed by atoms with van der Waals surface area (Å²) in [7, 11) is 0. The van der Waals surface area contributed by atoms with Crippen LogP contribution in [-0.2, 0) is 4.79 Å². The summed E-state index contributed by atoms with van der Waals surface area (Å²) >= 11 is 0. The van der Waals surface area contributed by atoms with Crippen LogP contribution in [0.1, 0.15) is 33.1 Å². The van der Waals surface area contributed by atoms with Crippen LogP contribution >= 0.6 is 0 Å². The van der Waals surface area contributed by atoms with E-state index in [-0.39, 0.29) is 30.3 Å². The van der Waals surface area contributed by atoms with Crippen molar-refractivity contribution in [2.75, 3.05) is 19.8 Å². The number of rotatable bonds is 4. The third-order valence-corrected chi connectivity index (χ3v) is 5.27. The molecule has 0 saturated carbocycles. The Labute approximate surface area is 146 Å². The van der Waals surface area contributed by atoms with Gasteiger partial charge in [0.2, 0.25) is 0 Å². The highest BCUT2D eigenvalue weighted by molar-refractivity contribution is 6.16. The van der Waals surface area contributed by atoms with Gasteiger partial charge in [-0.15, -0.1) is 0 Å². The second-order valence-electron chi connectivity index (χ2n) is 7.82. The van der Waals surface area contributed by atoms with Crippen molar-refractivity contribution in [2.45, 2.75) is 33.1 Å². The molecule has 0 amide bonds. The standard InChI is InChI=1S/C19H23N3O3/c1-19(2)8-13-17-14(9-19)22(4-6-24)20-10-11-7-15(25)12(3-5-23)18(21-13)16(11)17/h7,10,12,23-24H,3-6,8-9H2,1-2H3. The smallest absolute Gasteiger partial charge is 0.165 e. The number of hydrogen-bond acceptors (Lipinski definition) is 6. The molecule has 2 heterocycles. The van der Waals surface area contributed by atoms with Crippen LogP contribution in [0.4, 0.5) is 0 Å². The minimum absolute atomic E-state index is 0.0119. The van der Waals surface area contributed by atoms with Crippen molar-refractivity contribution in [3.05, 3.63) is 34.2 Å². The first-order valence-corrected chi connectivity index (χ1v) is 8.80. The molecule has 0 spiro atoms. The van der Waals surface area contributed by atoms with E-state index >= 15 is 0 Å². The lowest BCUT2D eigenvalue weighted by molar-refractivity contribution is -0.117. The number of allylic oxidation sites excluding steroid dienone is 6. The molecule has 0 aromatic rings. The Morgan fingerprint density at radius 1 is 1.24 bits per heavy atom. The van der Waals surface area contributed by atoms with Gasteiger partial charge >= 0.3 is 0 Å². The number of β-amino-alcohol motifs (C(OH)–C–C–N with tert-alkyl or cyclic N) is 1. The molecule has 2 N–H and O–H groups in total. The quantitative estimate of drug-likeness (QED) is 0.813. The number of carbonyl (C=O) groups excluding carboxylic acids is 1. The minimum atomic E-state index is -0.378. The lowest BCUT2D eigenvalue weighted by atomic mass is 9.72. The molecule has 6 nitrogen and oxygen atoms in total. The molecule has 4 rings (SSSR count). The van der Waals surface area contributed by atoms with E-state index < -0.39 is 0 Å². The van der Waals surface area contributed by atoms with Gasteiger partial charge in [-0.1, -0.05) is 13.8 Å². The Hall–Kier alpha value is -2.05. The lowest BCUT2D eigenvalue weighted by Gasteiger charge is -2.36. The summed E-state index contributed by atoms with van der Waals surface area (Å²) in [5.74, 6) is -0.397. The number of nitrogens with zero attached hydrogens (tertiary/aromatic N) is 3. The summed E-state index contributed by atoms with van der Waals surface area (Å²) in [4.78, 5) is 17.4. The Kier molecular flexibility index (Phi) is 3.77. The van der Waals surface area contributed by atoms with Crippen LogP contribution in [0.15, 0.2) is 44.3 Å². The molecule has 0 bridgehead atoms. The number of hydrazone groups is 1. The van der Waals surface area contributed by atoms with Gasteiger partial charge in [0.25, 0.3) is 0 Å². The molecule has 2 aliphatic heterocycles. The van der Waals surface area contributed by atoms with Crippen LogP contribution in [0.3, 0.4) is 0 Å². The molecule has 1 atom stereocenters. The number of aliphatic imine (C=N–C) groups is 1. The fourth-order valence-electron chi connectivity index (χ4n) is 4.25. The number of aliphatic hydroxyl groups is 2. The van der Waals surface area contributed by atoms with E-state index in [1.54, 1.807) is 12.3 Å². The Balaban J connectivity index is 1.93. The van der Waals surface area contributed by atoms with E-state index in [9.17, 15) is 15.0 Å². The Morgan fingerprint density at radius 2 is 2.04 bits per heavy atom. The fourth-order valence-corrected chi connectivity index (χ4v) is 4.25. The highest BCUT2D eigenvalue weighted by atomic mass is 16.3. The second kappa shape index (κ2) is 5.75. The number of carbonyl (C=O) groups is 1. The maximum absolute atomic E-state index is 12.5. The summed E-state index contributed by atoms with van der Waals surface area (Å²) in [5, 5.41) is 25.2. The zero-order valence-corrected chi connectivity index (χ0v) is 14.6. The second-order valence-corrected chi connectivity index (χ2v) is 7.82. The van der Waals surface area contributed by atoms with Crippen molar-refractivity contribution in [3.8, 4) is 0 Å². The average Bonchev–Trinajstić information content (AvgIpc) is 2.84. The van der Waals surface area contributed by atoms with Gasteiger partial charge in [-0.3, -0.25) is 14.8 Å². The van der Waals surface area contributed by atoms with Gasteiger partial charge in [-0.2, -0.15) is 5.10 Å². The Morgan fingerprint density at radius 3 is 2.76 bits per heavy atom. The van der Waals surface area contributed by atoms with Gasteiger partial charge in [-0.25, -0.2) is 0 Å². The van der Waals surface area contributed by atoms with Crippen molar-refractivity contribution in [1.82, 2.24) is 5.01 Å². The highest BCUT2D eigenvalue weighted by Crippen LogP contribution is 2.49. The predicted molar refractivity (Wildman–Crippen MR) is 95.1 cm³/mol. The molecule has 0 radical (unpaired) electrons. The van der Waals surface area contributed by atoms with Crippen LogP contribution in [0.2, 0.25) is 0 Å². The van der Waals surface area contributed by atoms with Crippen molar-refractivity contribution in [2.24, 2.45) is 21.4 Å². The fraction of sp³-hybridized carbons (Fsp3) is 0.526. The highest BCUT2D eigenvalue weighted by Gasteiger charge is 2.44. The van der Waals surface area contributed by atoms with Crippen molar-refractivity contribution in [1.29, 1.82) is 0 Å². The van der Waals surface area contributed by atoms with E-state index in [0.29, 0.717) is 13.0 Å². The first-order valence-electron chi connectivity index (χ1n) is 8.80. The predicted octanol–water partition coefficient (Wildman–Crippen LogP) is 1.57. The topological polar surface area (TPSA) is 85.5 Å². The van der Waals surface area contributed by atoms with Crippen LogP contribution in [0, 0.1) is 11.3 Å². The molecule has 25 heavy (non-hydrogen) atoms. The summed E-state index contributed by atoms with van der Waals surface area (Å²) < 4.78 is 0. The first-order chi connectivity index (χ1) is 11.9. The normalized spacial score (nSPS) is 26.6. The third-order valence-electron chi connectivity index (χ3n) is 5.27. The monoisotopic (exact) mass is 341 g/mol. The van der Waals surface area contributed by atoms with Gasteiger partial charge in [0.15, 0.2) is 5.78 Å². The SMILES string of the molecule is CC1(C)CC2=NC3=C4C(=CC(=O)C3CCO)C=NN(CCO)C(=C24)C1. The summed E-state index contributed by atoms with van der Waals surface area (Å²) in [5.41, 5.74) is 5.79. The molecule has 0 aromatic heterocycles. The molecule has 132 valence electrons. The maximum Gasteiger partial charge on any atom is 0.165 e. The molecule has 2 aliphatic carbocycles. The third kappa shape index (κ3) is 2.51. The summed E-state index contributed by atoms with van der Waals surface area (Å²) in [6.45, 7) is 4.80. The van der Waals surface area contributed by atoms with E-state index in [4.69, 9.17) is 4.99 Å². The van der Waals surface area contributed by atoms with E-state index in [0.717, 1.165) is 46.7 Å². The average molecular weight is 341 g/mol. The Bertz CT molecular complexity index is 799. The first kappa shape index (κ1) is 16.4. The lowest BCUT2D eigenvalue weighted by Crippen LogP contribution is -2.32. The van der Waals surface area contributed by atoms with E-state index in [2.05, 4.69) is 18.9 Å². The zero-order valence-electron chi connectivity index (χ0n) is 14.6. The largest absolute Gasteiger partial charge is 0.396 e. The zero-order chi connectivity index (χ0) is 17.8. The molecule has 4 aliphatic rings. The minimum Gasteiger partial charge on any atom is -0.396 e. The van der Waals surface area contributed by atoms with E-state index in [1.165, 1.54) is 0 Å². The number of ketones is 1. The van der Waals surface area contributed by atoms with Crippen LogP contribution in [0.5, 0.6) is 0 Å². The van der Waals surface area contributed by atoms with Gasteiger partial charge < -0.3 is 10.2 Å². The molecule has 6 heteroatoms. The molecule has 0 saturated heterocycles. The number of hydrogen-bond donors (Lipinski definition) is 2. The van der Waals surface area contributed by atoms with Gasteiger partial charge in [0.05, 0.1) is 36.7 Å². The molecular weight excluding hydrogens is 318 g/mol. The molecular formula is C19H23N3O3. The van der Waals surface area contributed by atoms with Crippen LogP contribution < -0.4 is 0 Å². The molecule has 1 unspecified atom stereocenters. The van der Waals surface area contributed by atoms with Crippen molar-refractivity contribution < 1.29 is 15.0 Å². The van der Waals surface area contributed by atoms with Gasteiger partial charge in [0, 0.05) is 29.0 Å². The molecule has 0 fully saturated rings. The molecule has 0 aromatic carbocycles. The summed E-state index contributed by atoms with van der Waals surface area (Å²) in [6.07, 6.45) is 5.43.